The summed E-state index contributed by atoms with van der Waals surface area (Å²) < 4.78 is 29.5. The van der Waals surface area contributed by atoms with Crippen molar-refractivity contribution < 1.29 is 22.8 Å². The van der Waals surface area contributed by atoms with Gasteiger partial charge in [0, 0.05) is 16.5 Å². The zero-order valence-electron chi connectivity index (χ0n) is 15.3. The Bertz CT molecular complexity index is 1130. The van der Waals surface area contributed by atoms with Crippen molar-refractivity contribution in [3.63, 3.8) is 0 Å². The number of ether oxygens (including phenoxy) is 1. The number of carbonyl (C=O) groups is 1. The molecule has 0 aliphatic carbocycles. The highest BCUT2D eigenvalue weighted by Crippen LogP contribution is 2.25. The number of benzene rings is 2. The highest BCUT2D eigenvalue weighted by molar-refractivity contribution is 5.86. The van der Waals surface area contributed by atoms with Gasteiger partial charge in [-0.25, -0.2) is 4.39 Å². The molecule has 0 radical (unpaired) electrons. The standard InChI is InChI=1S/C21H17FN2O4/c1-12-3-8-17-15(11-26-18(17)9-12)10-19(25)27-13(2)20-23-24-21(28-20)14-4-6-16(22)7-5-14/h3-9,11,13H,10H2,1-2H3/t13-/m1/s1. The van der Waals surface area contributed by atoms with E-state index < -0.39 is 12.1 Å². The quantitative estimate of drug-likeness (QED) is 0.464. The Labute approximate surface area is 159 Å². The van der Waals surface area contributed by atoms with Crippen LogP contribution in [0.1, 0.15) is 30.0 Å². The van der Waals surface area contributed by atoms with Crippen LogP contribution < -0.4 is 0 Å². The first kappa shape index (κ1) is 17.9. The number of nitrogens with zero attached hydrogens (tertiary/aromatic N) is 2. The maximum Gasteiger partial charge on any atom is 0.311 e. The monoisotopic (exact) mass is 380 g/mol. The third-order valence-corrected chi connectivity index (χ3v) is 4.33. The van der Waals surface area contributed by atoms with E-state index in [4.69, 9.17) is 13.6 Å². The molecule has 1 atom stereocenters. The van der Waals surface area contributed by atoms with E-state index in [0.717, 1.165) is 22.1 Å². The molecular formula is C21H17FN2O4. The Morgan fingerprint density at radius 2 is 1.96 bits per heavy atom. The number of furan rings is 1. The van der Waals surface area contributed by atoms with Gasteiger partial charge in [0.25, 0.3) is 5.89 Å². The highest BCUT2D eigenvalue weighted by atomic mass is 19.1. The first-order valence-corrected chi connectivity index (χ1v) is 8.75. The van der Waals surface area contributed by atoms with E-state index in [1.807, 2.05) is 25.1 Å². The lowest BCUT2D eigenvalue weighted by molar-refractivity contribution is -0.148. The van der Waals surface area contributed by atoms with Gasteiger partial charge < -0.3 is 13.6 Å². The van der Waals surface area contributed by atoms with Crippen LogP contribution in [-0.2, 0) is 16.0 Å². The summed E-state index contributed by atoms with van der Waals surface area (Å²) in [6.45, 7) is 3.62. The van der Waals surface area contributed by atoms with Crippen molar-refractivity contribution in [1.82, 2.24) is 10.2 Å². The minimum Gasteiger partial charge on any atom is -0.464 e. The maximum atomic E-state index is 13.0. The second kappa shape index (κ2) is 7.26. The largest absolute Gasteiger partial charge is 0.464 e. The first-order chi connectivity index (χ1) is 13.5. The van der Waals surface area contributed by atoms with E-state index in [9.17, 15) is 9.18 Å². The van der Waals surface area contributed by atoms with Crippen LogP contribution >= 0.6 is 0 Å². The third kappa shape index (κ3) is 3.64. The SMILES string of the molecule is Cc1ccc2c(CC(=O)O[C@H](C)c3nnc(-c4ccc(F)cc4)o3)coc2c1. The number of hydrogen-bond donors (Lipinski definition) is 0. The van der Waals surface area contributed by atoms with Crippen LogP contribution in [0, 0.1) is 12.7 Å². The predicted octanol–water partition coefficient (Wildman–Crippen LogP) is 4.78. The Hall–Kier alpha value is -3.48. The summed E-state index contributed by atoms with van der Waals surface area (Å²) in [4.78, 5) is 12.3. The van der Waals surface area contributed by atoms with E-state index in [2.05, 4.69) is 10.2 Å². The van der Waals surface area contributed by atoms with E-state index in [1.54, 1.807) is 13.2 Å². The summed E-state index contributed by atoms with van der Waals surface area (Å²) in [6.07, 6.45) is 0.920. The molecule has 142 valence electrons. The molecule has 0 bridgehead atoms. The predicted molar refractivity (Wildman–Crippen MR) is 98.9 cm³/mol. The number of esters is 1. The van der Waals surface area contributed by atoms with Crippen LogP contribution in [0.2, 0.25) is 0 Å². The number of carbonyl (C=O) groups excluding carboxylic acids is 1. The van der Waals surface area contributed by atoms with Crippen molar-refractivity contribution in [1.29, 1.82) is 0 Å². The lowest BCUT2D eigenvalue weighted by Crippen LogP contribution is -2.11. The molecular weight excluding hydrogens is 363 g/mol. The fourth-order valence-electron chi connectivity index (χ4n) is 2.88. The zero-order chi connectivity index (χ0) is 19.7. The summed E-state index contributed by atoms with van der Waals surface area (Å²) >= 11 is 0. The lowest BCUT2D eigenvalue weighted by atomic mass is 10.1. The van der Waals surface area contributed by atoms with Gasteiger partial charge in [-0.15, -0.1) is 10.2 Å². The Balaban J connectivity index is 1.43. The molecule has 4 aromatic rings. The maximum absolute atomic E-state index is 13.0. The fourth-order valence-corrected chi connectivity index (χ4v) is 2.88. The second-order valence-electron chi connectivity index (χ2n) is 6.52. The van der Waals surface area contributed by atoms with Gasteiger partial charge in [0.1, 0.15) is 11.4 Å². The van der Waals surface area contributed by atoms with Gasteiger partial charge >= 0.3 is 5.97 Å². The molecule has 0 spiro atoms. The van der Waals surface area contributed by atoms with Gasteiger partial charge in [-0.2, -0.15) is 0 Å². The second-order valence-corrected chi connectivity index (χ2v) is 6.52. The van der Waals surface area contributed by atoms with Crippen LogP contribution in [0.25, 0.3) is 22.4 Å². The molecule has 2 aromatic heterocycles. The lowest BCUT2D eigenvalue weighted by Gasteiger charge is -2.08. The molecule has 2 aromatic carbocycles. The summed E-state index contributed by atoms with van der Waals surface area (Å²) in [6, 6.07) is 11.5. The zero-order valence-corrected chi connectivity index (χ0v) is 15.3. The number of rotatable bonds is 5. The molecule has 0 amide bonds. The topological polar surface area (TPSA) is 78.4 Å². The first-order valence-electron chi connectivity index (χ1n) is 8.75. The summed E-state index contributed by atoms with van der Waals surface area (Å²) in [5, 5.41) is 8.72. The van der Waals surface area contributed by atoms with Crippen molar-refractivity contribution >= 4 is 16.9 Å². The molecule has 4 rings (SSSR count). The molecule has 0 saturated carbocycles. The molecule has 0 aliphatic rings. The van der Waals surface area contributed by atoms with E-state index in [-0.39, 0.29) is 24.0 Å². The van der Waals surface area contributed by atoms with Crippen LogP contribution in [0.5, 0.6) is 0 Å². The fraction of sp³-hybridized carbons (Fsp3) is 0.190. The number of hydrogen-bond acceptors (Lipinski definition) is 6. The van der Waals surface area contributed by atoms with E-state index in [1.165, 1.54) is 24.3 Å². The Morgan fingerprint density at radius 1 is 1.18 bits per heavy atom. The summed E-state index contributed by atoms with van der Waals surface area (Å²) in [5.41, 5.74) is 3.15. The molecule has 0 unspecified atom stereocenters. The van der Waals surface area contributed by atoms with Crippen molar-refractivity contribution in [2.75, 3.05) is 0 Å². The molecule has 0 fully saturated rings. The van der Waals surface area contributed by atoms with Gasteiger partial charge in [0.15, 0.2) is 6.10 Å². The smallest absolute Gasteiger partial charge is 0.311 e. The third-order valence-electron chi connectivity index (χ3n) is 4.33. The summed E-state index contributed by atoms with van der Waals surface area (Å²) in [5.74, 6) is -0.389. The highest BCUT2D eigenvalue weighted by Gasteiger charge is 2.20. The van der Waals surface area contributed by atoms with Crippen molar-refractivity contribution in [2.24, 2.45) is 0 Å². The van der Waals surface area contributed by atoms with Gasteiger partial charge in [-0.3, -0.25) is 4.79 Å². The number of fused-ring (bicyclic) bond motifs is 1. The summed E-state index contributed by atoms with van der Waals surface area (Å²) in [7, 11) is 0. The van der Waals surface area contributed by atoms with Gasteiger partial charge in [0.2, 0.25) is 5.89 Å². The average Bonchev–Trinajstić information content (AvgIpc) is 3.30. The number of aromatic nitrogens is 2. The minimum absolute atomic E-state index is 0.0688. The van der Waals surface area contributed by atoms with Crippen molar-refractivity contribution in [3.8, 4) is 11.5 Å². The number of aryl methyl sites for hydroxylation is 1. The van der Waals surface area contributed by atoms with Crippen LogP contribution in [-0.4, -0.2) is 16.2 Å². The normalized spacial score (nSPS) is 12.2. The van der Waals surface area contributed by atoms with Gasteiger partial charge in [0.05, 0.1) is 12.7 Å². The van der Waals surface area contributed by atoms with Crippen LogP contribution in [0.3, 0.4) is 0 Å². The van der Waals surface area contributed by atoms with Gasteiger partial charge in [-0.1, -0.05) is 12.1 Å². The molecule has 28 heavy (non-hydrogen) atoms. The molecule has 0 saturated heterocycles. The van der Waals surface area contributed by atoms with Crippen molar-refractivity contribution in [2.45, 2.75) is 26.4 Å². The molecule has 0 aliphatic heterocycles. The molecule has 6 nitrogen and oxygen atoms in total. The van der Waals surface area contributed by atoms with Crippen LogP contribution in [0.15, 0.2) is 57.6 Å². The Morgan fingerprint density at radius 3 is 2.75 bits per heavy atom. The average molecular weight is 380 g/mol. The molecule has 7 heteroatoms. The number of halogens is 1. The molecule has 2 heterocycles. The minimum atomic E-state index is -0.713. The van der Waals surface area contributed by atoms with E-state index in [0.29, 0.717) is 5.56 Å². The van der Waals surface area contributed by atoms with E-state index >= 15 is 0 Å². The molecule has 0 N–H and O–H groups in total. The van der Waals surface area contributed by atoms with Crippen LogP contribution in [0.4, 0.5) is 4.39 Å². The Kier molecular flexibility index (Phi) is 4.65. The van der Waals surface area contributed by atoms with Crippen molar-refractivity contribution in [3.05, 3.63) is 71.6 Å². The van der Waals surface area contributed by atoms with Gasteiger partial charge in [-0.05, 0) is 49.7 Å².